The molecule has 1 heterocycles. The smallest absolute Gasteiger partial charge is 0.229 e. The van der Waals surface area contributed by atoms with Crippen LogP contribution in [0.2, 0.25) is 5.02 Å². The quantitative estimate of drug-likeness (QED) is 0.741. The fraction of sp³-hybridized carbons (Fsp3) is 0. The van der Waals surface area contributed by atoms with Gasteiger partial charge in [-0.2, -0.15) is 4.98 Å². The second-order valence-electron chi connectivity index (χ2n) is 4.43. The average Bonchev–Trinajstić information content (AvgIpc) is 2.52. The summed E-state index contributed by atoms with van der Waals surface area (Å²) in [5, 5.41) is 6.19. The lowest BCUT2D eigenvalue weighted by atomic mass is 10.3. The first-order valence-electron chi connectivity index (χ1n) is 6.49. The molecular weight excluding hydrogens is 303 g/mol. The van der Waals surface area contributed by atoms with Gasteiger partial charge in [0, 0.05) is 17.6 Å². The highest BCUT2D eigenvalue weighted by atomic mass is 35.5. The van der Waals surface area contributed by atoms with E-state index in [4.69, 9.17) is 11.6 Å². The minimum Gasteiger partial charge on any atom is -0.340 e. The standard InChI is InChI=1S/C16H11ClFN4/c17-13-10-12(6-7-14(13)18)20-15-8-9-19-16(22-15)21-11-4-2-1-3-5-11/h2-10H,(H2,19,20,21,22). The van der Waals surface area contributed by atoms with Gasteiger partial charge >= 0.3 is 0 Å². The number of hydrogen-bond donors (Lipinski definition) is 2. The van der Waals surface area contributed by atoms with E-state index in [-0.39, 0.29) is 5.02 Å². The van der Waals surface area contributed by atoms with Crippen molar-refractivity contribution in [2.75, 3.05) is 10.6 Å². The summed E-state index contributed by atoms with van der Waals surface area (Å²) in [5.74, 6) is 0.560. The van der Waals surface area contributed by atoms with Gasteiger partial charge in [-0.15, -0.1) is 0 Å². The van der Waals surface area contributed by atoms with Crippen LogP contribution in [0.3, 0.4) is 0 Å². The van der Waals surface area contributed by atoms with Crippen LogP contribution < -0.4 is 10.6 Å². The molecule has 4 nitrogen and oxygen atoms in total. The van der Waals surface area contributed by atoms with Gasteiger partial charge in [-0.05, 0) is 42.5 Å². The van der Waals surface area contributed by atoms with Gasteiger partial charge in [0.05, 0.1) is 5.02 Å². The SMILES string of the molecule is Fc1ccc(Nc2ccnc(Nc3cc[c]cc3)n2)cc1Cl. The van der Waals surface area contributed by atoms with Crippen LogP contribution in [0.25, 0.3) is 0 Å². The third-order valence-electron chi connectivity index (χ3n) is 2.82. The molecule has 1 radical (unpaired) electrons. The lowest BCUT2D eigenvalue weighted by Gasteiger charge is -2.08. The van der Waals surface area contributed by atoms with Crippen molar-refractivity contribution >= 4 is 34.7 Å². The molecule has 0 atom stereocenters. The second-order valence-corrected chi connectivity index (χ2v) is 4.84. The summed E-state index contributed by atoms with van der Waals surface area (Å²) < 4.78 is 13.1. The summed E-state index contributed by atoms with van der Waals surface area (Å²) in [6.07, 6.45) is 1.62. The van der Waals surface area contributed by atoms with Gasteiger partial charge < -0.3 is 10.6 Å². The molecule has 0 saturated carbocycles. The van der Waals surface area contributed by atoms with Crippen LogP contribution in [-0.4, -0.2) is 9.97 Å². The maximum absolute atomic E-state index is 13.1. The van der Waals surface area contributed by atoms with Gasteiger partial charge in [-0.1, -0.05) is 23.7 Å². The Morgan fingerprint density at radius 3 is 2.59 bits per heavy atom. The highest BCUT2D eigenvalue weighted by Crippen LogP contribution is 2.22. The third-order valence-corrected chi connectivity index (χ3v) is 3.11. The largest absolute Gasteiger partial charge is 0.340 e. The summed E-state index contributed by atoms with van der Waals surface area (Å²) in [5.41, 5.74) is 1.51. The number of anilines is 4. The van der Waals surface area contributed by atoms with E-state index in [0.717, 1.165) is 5.69 Å². The van der Waals surface area contributed by atoms with Crippen molar-refractivity contribution in [1.82, 2.24) is 9.97 Å². The van der Waals surface area contributed by atoms with Crippen LogP contribution in [0.4, 0.5) is 27.5 Å². The molecule has 0 fully saturated rings. The van der Waals surface area contributed by atoms with E-state index in [0.29, 0.717) is 17.5 Å². The van der Waals surface area contributed by atoms with Crippen LogP contribution in [0, 0.1) is 11.9 Å². The monoisotopic (exact) mass is 313 g/mol. The van der Waals surface area contributed by atoms with Crippen molar-refractivity contribution in [2.24, 2.45) is 0 Å². The Morgan fingerprint density at radius 2 is 1.82 bits per heavy atom. The molecular formula is C16H11ClFN4. The van der Waals surface area contributed by atoms with Crippen molar-refractivity contribution in [3.05, 3.63) is 71.6 Å². The molecule has 0 spiro atoms. The number of hydrogen-bond acceptors (Lipinski definition) is 4. The van der Waals surface area contributed by atoms with Crippen LogP contribution in [0.1, 0.15) is 0 Å². The van der Waals surface area contributed by atoms with E-state index in [9.17, 15) is 4.39 Å². The summed E-state index contributed by atoms with van der Waals surface area (Å²) in [7, 11) is 0. The molecule has 3 aromatic rings. The Morgan fingerprint density at radius 1 is 1.00 bits per heavy atom. The number of halogens is 2. The Labute approximate surface area is 132 Å². The average molecular weight is 314 g/mol. The van der Waals surface area contributed by atoms with Crippen LogP contribution in [-0.2, 0) is 0 Å². The number of benzene rings is 2. The van der Waals surface area contributed by atoms with Crippen LogP contribution in [0.15, 0.2) is 54.7 Å². The fourth-order valence-corrected chi connectivity index (χ4v) is 1.99. The molecule has 22 heavy (non-hydrogen) atoms. The molecule has 2 aromatic carbocycles. The van der Waals surface area contributed by atoms with Crippen molar-refractivity contribution in [3.63, 3.8) is 0 Å². The molecule has 3 rings (SSSR count). The van der Waals surface area contributed by atoms with Gasteiger partial charge in [0.2, 0.25) is 5.95 Å². The number of nitrogens with zero attached hydrogens (tertiary/aromatic N) is 2. The van der Waals surface area contributed by atoms with E-state index in [1.54, 1.807) is 30.5 Å². The molecule has 0 amide bonds. The predicted octanol–water partition coefficient (Wildman–Crippen LogP) is 4.56. The lowest BCUT2D eigenvalue weighted by molar-refractivity contribution is 0.628. The lowest BCUT2D eigenvalue weighted by Crippen LogP contribution is -2.00. The zero-order valence-corrected chi connectivity index (χ0v) is 12.1. The molecule has 0 aliphatic rings. The van der Waals surface area contributed by atoms with Crippen LogP contribution in [0.5, 0.6) is 0 Å². The highest BCUT2D eigenvalue weighted by Gasteiger charge is 2.03. The molecule has 109 valence electrons. The predicted molar refractivity (Wildman–Crippen MR) is 85.3 cm³/mol. The first-order valence-corrected chi connectivity index (χ1v) is 6.87. The minimum absolute atomic E-state index is 0.0536. The van der Waals surface area contributed by atoms with E-state index >= 15 is 0 Å². The Kier molecular flexibility index (Phi) is 4.16. The zero-order valence-electron chi connectivity index (χ0n) is 11.3. The maximum atomic E-state index is 13.1. The first kappa shape index (κ1) is 14.3. The first-order chi connectivity index (χ1) is 10.7. The number of aromatic nitrogens is 2. The van der Waals surface area contributed by atoms with E-state index in [1.165, 1.54) is 12.1 Å². The van der Waals surface area contributed by atoms with E-state index < -0.39 is 5.82 Å². The summed E-state index contributed by atoms with van der Waals surface area (Å²) >= 11 is 5.76. The van der Waals surface area contributed by atoms with Gasteiger partial charge in [0.15, 0.2) is 0 Å². The topological polar surface area (TPSA) is 49.8 Å². The van der Waals surface area contributed by atoms with Crippen molar-refractivity contribution in [1.29, 1.82) is 0 Å². The molecule has 6 heteroatoms. The van der Waals surface area contributed by atoms with Gasteiger partial charge in [0.25, 0.3) is 0 Å². The maximum Gasteiger partial charge on any atom is 0.229 e. The van der Waals surface area contributed by atoms with Gasteiger partial charge in [-0.25, -0.2) is 9.37 Å². The second kappa shape index (κ2) is 6.41. The summed E-state index contributed by atoms with van der Waals surface area (Å²) in [4.78, 5) is 8.48. The van der Waals surface area contributed by atoms with Crippen molar-refractivity contribution < 1.29 is 4.39 Å². The highest BCUT2D eigenvalue weighted by molar-refractivity contribution is 6.31. The van der Waals surface area contributed by atoms with Crippen molar-refractivity contribution in [2.45, 2.75) is 0 Å². The molecule has 0 saturated heterocycles. The fourth-order valence-electron chi connectivity index (χ4n) is 1.81. The minimum atomic E-state index is -0.460. The number of rotatable bonds is 4. The van der Waals surface area contributed by atoms with E-state index in [1.807, 2.05) is 12.1 Å². The Balaban J connectivity index is 1.77. The Bertz CT molecular complexity index is 780. The third kappa shape index (κ3) is 3.51. The Hall–Kier alpha value is -2.66. The summed E-state index contributed by atoms with van der Waals surface area (Å²) in [6, 6.07) is 16.4. The zero-order chi connectivity index (χ0) is 15.4. The molecule has 0 bridgehead atoms. The molecule has 1 aromatic heterocycles. The van der Waals surface area contributed by atoms with E-state index in [2.05, 4.69) is 26.7 Å². The molecule has 0 aliphatic carbocycles. The number of nitrogens with one attached hydrogen (secondary N) is 2. The molecule has 0 aliphatic heterocycles. The van der Waals surface area contributed by atoms with Crippen molar-refractivity contribution in [3.8, 4) is 0 Å². The van der Waals surface area contributed by atoms with Gasteiger partial charge in [-0.3, -0.25) is 0 Å². The molecule has 0 unspecified atom stereocenters. The van der Waals surface area contributed by atoms with Crippen LogP contribution >= 0.6 is 11.6 Å². The molecule has 2 N–H and O–H groups in total. The van der Waals surface area contributed by atoms with Gasteiger partial charge in [0.1, 0.15) is 11.6 Å². The normalized spacial score (nSPS) is 10.3. The summed E-state index contributed by atoms with van der Waals surface area (Å²) in [6.45, 7) is 0.